The van der Waals surface area contributed by atoms with E-state index >= 15 is 0 Å². The highest BCUT2D eigenvalue weighted by molar-refractivity contribution is 6.30. The molecule has 1 fully saturated rings. The Balaban J connectivity index is 1.90. The normalized spacial score (nSPS) is 15.8. The lowest BCUT2D eigenvalue weighted by Gasteiger charge is -2.26. The predicted octanol–water partition coefficient (Wildman–Crippen LogP) is 4.17. The third kappa shape index (κ3) is 5.85. The molecule has 0 bridgehead atoms. The van der Waals surface area contributed by atoms with Gasteiger partial charge < -0.3 is 9.47 Å². The minimum absolute atomic E-state index is 0.00935. The van der Waals surface area contributed by atoms with E-state index < -0.39 is 17.8 Å². The zero-order chi connectivity index (χ0) is 20.9. The summed E-state index contributed by atoms with van der Waals surface area (Å²) in [6.45, 7) is 1.10. The van der Waals surface area contributed by atoms with Crippen molar-refractivity contribution in [2.45, 2.75) is 12.3 Å². The summed E-state index contributed by atoms with van der Waals surface area (Å²) in [4.78, 5) is 0. The van der Waals surface area contributed by atoms with Crippen LogP contribution in [0.3, 0.4) is 0 Å². The van der Waals surface area contributed by atoms with Gasteiger partial charge in [-0.15, -0.1) is 6.42 Å². The molecule has 1 aliphatic heterocycles. The van der Waals surface area contributed by atoms with Gasteiger partial charge in [-0.3, -0.25) is 5.32 Å². The summed E-state index contributed by atoms with van der Waals surface area (Å²) < 4.78 is 52.5. The van der Waals surface area contributed by atoms with Crippen LogP contribution in [0.1, 0.15) is 17.2 Å². The SMILES string of the molecule is C#CCOC(CN1CNCN1)c1ccc(Oc2ccc(Cl)cc2)cc1C(F)(F)F. The summed E-state index contributed by atoms with van der Waals surface area (Å²) >= 11 is 5.82. The quantitative estimate of drug-likeness (QED) is 0.652. The first-order valence-electron chi connectivity index (χ1n) is 8.75. The molecule has 1 aliphatic rings. The average Bonchev–Trinajstić information content (AvgIpc) is 3.19. The van der Waals surface area contributed by atoms with Crippen LogP contribution >= 0.6 is 11.6 Å². The maximum absolute atomic E-state index is 13.8. The number of nitrogens with zero attached hydrogens (tertiary/aromatic N) is 1. The molecule has 154 valence electrons. The summed E-state index contributed by atoms with van der Waals surface area (Å²) in [5, 5.41) is 5.28. The molecule has 0 spiro atoms. The number of terminal acetylenes is 1. The number of hydrazine groups is 1. The van der Waals surface area contributed by atoms with Crippen molar-refractivity contribution in [1.29, 1.82) is 0 Å². The standard InChI is InChI=1S/C20H19ClF3N3O2/c1-2-9-28-19(11-27-13-25-12-26-27)17-8-7-16(10-18(17)20(22,23)24)29-15-5-3-14(21)4-6-15/h1,3-8,10,19,25-26H,9,11-13H2. The Bertz CT molecular complexity index is 863. The van der Waals surface area contributed by atoms with Crippen LogP contribution in [0.15, 0.2) is 42.5 Å². The van der Waals surface area contributed by atoms with Crippen LogP contribution in [0.25, 0.3) is 0 Å². The van der Waals surface area contributed by atoms with Gasteiger partial charge in [0.2, 0.25) is 0 Å². The number of hydrogen-bond acceptors (Lipinski definition) is 5. The van der Waals surface area contributed by atoms with Gasteiger partial charge in [0.15, 0.2) is 0 Å². The van der Waals surface area contributed by atoms with Gasteiger partial charge in [-0.1, -0.05) is 23.6 Å². The summed E-state index contributed by atoms with van der Waals surface area (Å²) in [6, 6.07) is 10.1. The molecule has 3 rings (SSSR count). The van der Waals surface area contributed by atoms with Gasteiger partial charge in [0.05, 0.1) is 25.0 Å². The molecule has 0 amide bonds. The molecular weight excluding hydrogens is 407 g/mol. The van der Waals surface area contributed by atoms with Crippen molar-refractivity contribution in [3.63, 3.8) is 0 Å². The Labute approximate surface area is 171 Å². The molecular formula is C20H19ClF3N3O2. The molecule has 0 aliphatic carbocycles. The molecule has 1 heterocycles. The third-order valence-electron chi connectivity index (χ3n) is 4.21. The van der Waals surface area contributed by atoms with Crippen molar-refractivity contribution >= 4 is 11.6 Å². The molecule has 29 heavy (non-hydrogen) atoms. The number of rotatable bonds is 7. The third-order valence-corrected chi connectivity index (χ3v) is 4.46. The maximum atomic E-state index is 13.8. The number of alkyl halides is 3. The summed E-state index contributed by atoms with van der Waals surface area (Å²) in [5.41, 5.74) is 2.17. The number of halogens is 4. The molecule has 1 atom stereocenters. The zero-order valence-electron chi connectivity index (χ0n) is 15.3. The monoisotopic (exact) mass is 425 g/mol. The van der Waals surface area contributed by atoms with Gasteiger partial charge in [0.25, 0.3) is 0 Å². The van der Waals surface area contributed by atoms with E-state index in [4.69, 9.17) is 27.5 Å². The highest BCUT2D eigenvalue weighted by atomic mass is 35.5. The van der Waals surface area contributed by atoms with E-state index in [-0.39, 0.29) is 24.5 Å². The Hall–Kier alpha value is -2.28. The van der Waals surface area contributed by atoms with E-state index in [1.165, 1.54) is 12.1 Å². The van der Waals surface area contributed by atoms with Crippen molar-refractivity contribution in [2.24, 2.45) is 0 Å². The second-order valence-electron chi connectivity index (χ2n) is 6.27. The largest absolute Gasteiger partial charge is 0.457 e. The van der Waals surface area contributed by atoms with Crippen LogP contribution in [0.5, 0.6) is 11.5 Å². The molecule has 0 aromatic heterocycles. The van der Waals surface area contributed by atoms with Crippen LogP contribution in [-0.4, -0.2) is 31.5 Å². The van der Waals surface area contributed by atoms with E-state index in [0.29, 0.717) is 24.1 Å². The van der Waals surface area contributed by atoms with E-state index in [1.807, 2.05) is 0 Å². The molecule has 0 radical (unpaired) electrons. The first kappa shape index (κ1) is 21.4. The number of hydrogen-bond donors (Lipinski definition) is 2. The minimum Gasteiger partial charge on any atom is -0.457 e. The van der Waals surface area contributed by atoms with Crippen molar-refractivity contribution in [1.82, 2.24) is 15.8 Å². The fourth-order valence-corrected chi connectivity index (χ4v) is 3.02. The zero-order valence-corrected chi connectivity index (χ0v) is 16.1. The van der Waals surface area contributed by atoms with Crippen LogP contribution in [0.4, 0.5) is 13.2 Å². The molecule has 0 saturated carbocycles. The van der Waals surface area contributed by atoms with E-state index in [2.05, 4.69) is 16.7 Å². The lowest BCUT2D eigenvalue weighted by molar-refractivity contribution is -0.139. The van der Waals surface area contributed by atoms with Gasteiger partial charge in [-0.05, 0) is 42.0 Å². The molecule has 2 aromatic carbocycles. The first-order valence-corrected chi connectivity index (χ1v) is 9.13. The Morgan fingerprint density at radius 2 is 1.90 bits per heavy atom. The molecule has 5 nitrogen and oxygen atoms in total. The van der Waals surface area contributed by atoms with Crippen molar-refractivity contribution in [3.05, 3.63) is 58.6 Å². The molecule has 1 saturated heterocycles. The van der Waals surface area contributed by atoms with Gasteiger partial charge in [0.1, 0.15) is 18.1 Å². The second kappa shape index (κ2) is 9.48. The second-order valence-corrected chi connectivity index (χ2v) is 6.71. The van der Waals surface area contributed by atoms with Crippen molar-refractivity contribution in [3.8, 4) is 23.8 Å². The average molecular weight is 426 g/mol. The van der Waals surface area contributed by atoms with Gasteiger partial charge in [-0.25, -0.2) is 10.4 Å². The fraction of sp³-hybridized carbons (Fsp3) is 0.300. The van der Waals surface area contributed by atoms with E-state index in [9.17, 15) is 13.2 Å². The van der Waals surface area contributed by atoms with Crippen molar-refractivity contribution in [2.75, 3.05) is 26.5 Å². The highest BCUT2D eigenvalue weighted by Crippen LogP contribution is 2.39. The molecule has 2 N–H and O–H groups in total. The van der Waals surface area contributed by atoms with Crippen LogP contribution in [0.2, 0.25) is 5.02 Å². The summed E-state index contributed by atoms with van der Waals surface area (Å²) in [7, 11) is 0. The van der Waals surface area contributed by atoms with E-state index in [0.717, 1.165) is 6.07 Å². The topological polar surface area (TPSA) is 45.8 Å². The van der Waals surface area contributed by atoms with Crippen molar-refractivity contribution < 1.29 is 22.6 Å². The maximum Gasteiger partial charge on any atom is 0.416 e. The molecule has 9 heteroatoms. The van der Waals surface area contributed by atoms with E-state index in [1.54, 1.807) is 29.3 Å². The minimum atomic E-state index is -4.59. The van der Waals surface area contributed by atoms with Gasteiger partial charge in [0, 0.05) is 11.6 Å². The number of ether oxygens (including phenoxy) is 2. The first-order chi connectivity index (χ1) is 13.9. The van der Waals surface area contributed by atoms with Crippen LogP contribution in [0, 0.1) is 12.3 Å². The predicted molar refractivity (Wildman–Crippen MR) is 103 cm³/mol. The van der Waals surface area contributed by atoms with Crippen LogP contribution in [-0.2, 0) is 10.9 Å². The lowest BCUT2D eigenvalue weighted by Crippen LogP contribution is -2.36. The highest BCUT2D eigenvalue weighted by Gasteiger charge is 2.36. The fourth-order valence-electron chi connectivity index (χ4n) is 2.90. The summed E-state index contributed by atoms with van der Waals surface area (Å²) in [5.74, 6) is 2.74. The smallest absolute Gasteiger partial charge is 0.416 e. The van der Waals surface area contributed by atoms with Crippen LogP contribution < -0.4 is 15.5 Å². The Morgan fingerprint density at radius 3 is 2.52 bits per heavy atom. The Morgan fingerprint density at radius 1 is 1.17 bits per heavy atom. The number of nitrogens with one attached hydrogen (secondary N) is 2. The Kier molecular flexibility index (Phi) is 7.00. The van der Waals surface area contributed by atoms with Gasteiger partial charge in [-0.2, -0.15) is 13.2 Å². The summed E-state index contributed by atoms with van der Waals surface area (Å²) in [6.07, 6.45) is -0.230. The number of benzene rings is 2. The van der Waals surface area contributed by atoms with Gasteiger partial charge >= 0.3 is 6.18 Å². The molecule has 2 aromatic rings. The molecule has 1 unspecified atom stereocenters. The lowest BCUT2D eigenvalue weighted by atomic mass is 10.0.